The normalized spacial score (nSPS) is 15.8. The number of anilines is 1. The molecule has 0 saturated carbocycles. The highest BCUT2D eigenvalue weighted by Gasteiger charge is 2.28. The van der Waals surface area contributed by atoms with E-state index in [0.29, 0.717) is 0 Å². The van der Waals surface area contributed by atoms with Gasteiger partial charge in [-0.15, -0.1) is 0 Å². The molecule has 0 fully saturated rings. The summed E-state index contributed by atoms with van der Waals surface area (Å²) in [4.78, 5) is 0. The summed E-state index contributed by atoms with van der Waals surface area (Å²) in [5.41, 5.74) is 10.9. The molecule has 2 N–H and O–H groups in total. The first-order valence-corrected chi connectivity index (χ1v) is 17.0. The van der Waals surface area contributed by atoms with Crippen LogP contribution in [0.2, 0.25) is 0 Å². The van der Waals surface area contributed by atoms with Crippen molar-refractivity contribution in [2.75, 3.05) is 5.32 Å². The van der Waals surface area contributed by atoms with Crippen LogP contribution in [0.1, 0.15) is 28.9 Å². The molecule has 1 aliphatic heterocycles. The molecule has 1 aliphatic rings. The molecular formula is C46H33N3. The second kappa shape index (κ2) is 11.2. The Hall–Kier alpha value is -6.16. The third kappa shape index (κ3) is 4.62. The molecule has 0 bridgehead atoms. The van der Waals surface area contributed by atoms with Crippen molar-refractivity contribution in [3.63, 3.8) is 0 Å². The minimum absolute atomic E-state index is 0.0373. The molecule has 0 spiro atoms. The molecule has 2 unspecified atom stereocenters. The molecule has 0 saturated heterocycles. The van der Waals surface area contributed by atoms with Crippen LogP contribution in [-0.2, 0) is 0 Å². The number of hydrogen-bond donors (Lipinski definition) is 2. The van der Waals surface area contributed by atoms with Crippen LogP contribution in [0.5, 0.6) is 0 Å². The molecule has 49 heavy (non-hydrogen) atoms. The van der Waals surface area contributed by atoms with Gasteiger partial charge in [-0.2, -0.15) is 0 Å². The van der Waals surface area contributed by atoms with Gasteiger partial charge in [0.05, 0.1) is 17.1 Å². The molecule has 10 rings (SSSR count). The van der Waals surface area contributed by atoms with E-state index < -0.39 is 0 Å². The van der Waals surface area contributed by atoms with Crippen molar-refractivity contribution in [1.29, 1.82) is 0 Å². The number of aromatic nitrogens is 1. The van der Waals surface area contributed by atoms with Gasteiger partial charge in [0.25, 0.3) is 0 Å². The summed E-state index contributed by atoms with van der Waals surface area (Å²) in [6, 6.07) is 64.0. The lowest BCUT2D eigenvalue weighted by Gasteiger charge is -2.35. The number of nitrogens with one attached hydrogen (secondary N) is 2. The molecule has 232 valence electrons. The lowest BCUT2D eigenvalue weighted by Crippen LogP contribution is -2.37. The topological polar surface area (TPSA) is 29.0 Å². The first-order chi connectivity index (χ1) is 24.3. The van der Waals surface area contributed by atoms with Crippen molar-refractivity contribution in [3.05, 3.63) is 193 Å². The standard InChI is InChI=1S/C46H33N3/c1-2-13-37(14-3-1)49-42-26-25-36(29-40(42)44-38-15-7-6-11-32(38)24-27-43(44)49)46-47-41-17-9-8-16-39(41)45(48-46)33-21-18-31(19-22-33)35-23-20-30-10-4-5-12-34(30)28-35/h1-29,45-48H. The molecule has 0 aliphatic carbocycles. The van der Waals surface area contributed by atoms with Crippen LogP contribution < -0.4 is 10.6 Å². The van der Waals surface area contributed by atoms with E-state index in [9.17, 15) is 0 Å². The Morgan fingerprint density at radius 2 is 1.12 bits per heavy atom. The van der Waals surface area contributed by atoms with Crippen molar-refractivity contribution in [2.24, 2.45) is 0 Å². The highest BCUT2D eigenvalue weighted by Crippen LogP contribution is 2.41. The smallest absolute Gasteiger partial charge is 0.104 e. The largest absolute Gasteiger partial charge is 0.366 e. The predicted octanol–water partition coefficient (Wildman–Crippen LogP) is 11.6. The van der Waals surface area contributed by atoms with Gasteiger partial charge in [0.15, 0.2) is 0 Å². The van der Waals surface area contributed by atoms with Gasteiger partial charge in [0.2, 0.25) is 0 Å². The molecule has 0 amide bonds. The van der Waals surface area contributed by atoms with Gasteiger partial charge < -0.3 is 9.88 Å². The fourth-order valence-corrected chi connectivity index (χ4v) is 7.87. The highest BCUT2D eigenvalue weighted by molar-refractivity contribution is 6.21. The quantitative estimate of drug-likeness (QED) is 0.203. The van der Waals surface area contributed by atoms with Crippen molar-refractivity contribution in [1.82, 2.24) is 9.88 Å². The molecule has 0 radical (unpaired) electrons. The third-order valence-corrected chi connectivity index (χ3v) is 10.3. The summed E-state index contributed by atoms with van der Waals surface area (Å²) in [5, 5.41) is 15.4. The number of rotatable bonds is 4. The van der Waals surface area contributed by atoms with Gasteiger partial charge in [-0.3, -0.25) is 5.32 Å². The molecular weight excluding hydrogens is 595 g/mol. The maximum atomic E-state index is 4.00. The van der Waals surface area contributed by atoms with Crippen molar-refractivity contribution < 1.29 is 0 Å². The van der Waals surface area contributed by atoms with Crippen LogP contribution in [0, 0.1) is 0 Å². The van der Waals surface area contributed by atoms with Gasteiger partial charge in [-0.1, -0.05) is 133 Å². The average molecular weight is 628 g/mol. The Kier molecular flexibility index (Phi) is 6.39. The zero-order chi connectivity index (χ0) is 32.3. The van der Waals surface area contributed by atoms with E-state index in [1.54, 1.807) is 0 Å². The number of fused-ring (bicyclic) bond motifs is 7. The Labute approximate surface area is 285 Å². The van der Waals surface area contributed by atoms with Crippen LogP contribution in [0.3, 0.4) is 0 Å². The molecule has 1 aromatic heterocycles. The van der Waals surface area contributed by atoms with Crippen LogP contribution in [-0.4, -0.2) is 4.57 Å². The van der Waals surface area contributed by atoms with E-state index >= 15 is 0 Å². The van der Waals surface area contributed by atoms with Crippen LogP contribution >= 0.6 is 0 Å². The molecule has 9 aromatic rings. The third-order valence-electron chi connectivity index (χ3n) is 10.3. The zero-order valence-electron chi connectivity index (χ0n) is 26.8. The average Bonchev–Trinajstić information content (AvgIpc) is 3.52. The van der Waals surface area contributed by atoms with Gasteiger partial charge in [-0.05, 0) is 91.8 Å². The lowest BCUT2D eigenvalue weighted by molar-refractivity contribution is 0.506. The molecule has 3 nitrogen and oxygen atoms in total. The second-order valence-electron chi connectivity index (χ2n) is 13.1. The number of hydrogen-bond acceptors (Lipinski definition) is 2. The summed E-state index contributed by atoms with van der Waals surface area (Å²) < 4.78 is 2.40. The van der Waals surface area contributed by atoms with Crippen molar-refractivity contribution in [3.8, 4) is 16.8 Å². The van der Waals surface area contributed by atoms with Crippen LogP contribution in [0.25, 0.3) is 60.2 Å². The summed E-state index contributed by atoms with van der Waals surface area (Å²) in [6.07, 6.45) is -0.0745. The summed E-state index contributed by atoms with van der Waals surface area (Å²) >= 11 is 0. The fraction of sp³-hybridized carbons (Fsp3) is 0.0435. The molecule has 2 atom stereocenters. The van der Waals surface area contributed by atoms with Crippen molar-refractivity contribution in [2.45, 2.75) is 12.2 Å². The van der Waals surface area contributed by atoms with E-state index in [2.05, 4.69) is 191 Å². The van der Waals surface area contributed by atoms with Gasteiger partial charge in [0, 0.05) is 22.1 Å². The minimum Gasteiger partial charge on any atom is -0.366 e. The number of para-hydroxylation sites is 2. The number of benzene rings is 8. The van der Waals surface area contributed by atoms with Crippen LogP contribution in [0.4, 0.5) is 5.69 Å². The van der Waals surface area contributed by atoms with E-state index in [1.165, 1.54) is 76.9 Å². The maximum absolute atomic E-state index is 4.00. The molecule has 8 aromatic carbocycles. The first kappa shape index (κ1) is 27.9. The first-order valence-electron chi connectivity index (χ1n) is 17.0. The highest BCUT2D eigenvalue weighted by atomic mass is 15.2. The summed E-state index contributed by atoms with van der Waals surface area (Å²) in [5.74, 6) is 0. The Balaban J connectivity index is 1.07. The molecule has 3 heteroatoms. The molecule has 2 heterocycles. The SMILES string of the molecule is c1ccc(-n2c3ccc(C4Nc5ccccc5C(c5ccc(-c6ccc7ccccc7c6)cc5)N4)cc3c3c4ccccc4ccc32)cc1. The van der Waals surface area contributed by atoms with E-state index in [4.69, 9.17) is 0 Å². The monoisotopic (exact) mass is 627 g/mol. The van der Waals surface area contributed by atoms with E-state index in [0.717, 1.165) is 5.69 Å². The predicted molar refractivity (Wildman–Crippen MR) is 205 cm³/mol. The van der Waals surface area contributed by atoms with Gasteiger partial charge in [0.1, 0.15) is 6.17 Å². The number of nitrogens with zero attached hydrogens (tertiary/aromatic N) is 1. The summed E-state index contributed by atoms with van der Waals surface area (Å²) in [6.45, 7) is 0. The Morgan fingerprint density at radius 3 is 2.00 bits per heavy atom. The van der Waals surface area contributed by atoms with E-state index in [1.807, 2.05) is 0 Å². The fourth-order valence-electron chi connectivity index (χ4n) is 7.87. The van der Waals surface area contributed by atoms with E-state index in [-0.39, 0.29) is 12.2 Å². The summed E-state index contributed by atoms with van der Waals surface area (Å²) in [7, 11) is 0. The zero-order valence-corrected chi connectivity index (χ0v) is 26.8. The van der Waals surface area contributed by atoms with Gasteiger partial charge in [-0.25, -0.2) is 0 Å². The maximum Gasteiger partial charge on any atom is 0.104 e. The second-order valence-corrected chi connectivity index (χ2v) is 13.1. The lowest BCUT2D eigenvalue weighted by atomic mass is 9.92. The van der Waals surface area contributed by atoms with Crippen molar-refractivity contribution >= 4 is 49.0 Å². The minimum atomic E-state index is -0.0745. The Morgan fingerprint density at radius 1 is 0.449 bits per heavy atom. The Bertz CT molecular complexity index is 2670. The van der Waals surface area contributed by atoms with Crippen LogP contribution in [0.15, 0.2) is 176 Å². The van der Waals surface area contributed by atoms with Gasteiger partial charge >= 0.3 is 0 Å².